The lowest BCUT2D eigenvalue weighted by Crippen LogP contribution is -2.07. The van der Waals surface area contributed by atoms with E-state index in [1.807, 2.05) is 24.3 Å². The molecule has 63 heavy (non-hydrogen) atoms. The third-order valence-corrected chi connectivity index (χ3v) is 11.7. The normalized spacial score (nSPS) is 11.4. The zero-order chi connectivity index (χ0) is 42.3. The number of hydrogen-bond donors (Lipinski definition) is 0. The molecule has 3 aromatic heterocycles. The molecule has 0 aliphatic carbocycles. The van der Waals surface area contributed by atoms with Crippen molar-refractivity contribution in [2.24, 2.45) is 0 Å². The van der Waals surface area contributed by atoms with Crippen LogP contribution in [0.25, 0.3) is 117 Å². The Kier molecular flexibility index (Phi) is 9.63. The van der Waals surface area contributed by atoms with Crippen molar-refractivity contribution in [3.8, 4) is 62.1 Å². The fourth-order valence-electron chi connectivity index (χ4n) is 8.83. The second-order valence-electron chi connectivity index (χ2n) is 15.9. The third-order valence-electron chi connectivity index (χ3n) is 11.7. The number of furan rings is 1. The van der Waals surface area contributed by atoms with E-state index in [-0.39, 0.29) is 0 Å². The van der Waals surface area contributed by atoms with Crippen LogP contribution in [0.2, 0.25) is 0 Å². The number of para-hydroxylation sites is 3. The number of hydrogen-bond acceptors (Lipinski definition) is 4. The van der Waals surface area contributed by atoms with Gasteiger partial charge in [0.05, 0.1) is 11.0 Å². The van der Waals surface area contributed by atoms with Gasteiger partial charge in [-0.3, -0.25) is 4.57 Å². The van der Waals surface area contributed by atoms with Gasteiger partial charge in [-0.15, -0.1) is 0 Å². The molecule has 300 valence electrons. The highest BCUT2D eigenvalue weighted by Gasteiger charge is 2.23. The molecule has 0 radical (unpaired) electrons. The lowest BCUT2D eigenvalue weighted by atomic mass is 9.98. The smallest absolute Gasteiger partial charge is 0.238 e. The monoisotopic (exact) mass is 810 g/mol. The molecule has 0 bridgehead atoms. The number of benzene rings is 9. The van der Waals surface area contributed by atoms with Crippen molar-refractivity contribution in [1.29, 1.82) is 0 Å². The molecular formula is C58H42N4O. The molecule has 0 atom stereocenters. The standard InChI is InChI=1S/C55H34N4O.C3H8/c1-3-13-35(14-4-1)37-25-29-40(30-26-37)53-56-54(41-31-27-38(28-32-41)36-15-5-2-6-16-36)58-55(57-53)59-48-34-33-39-17-7-8-18-42(39)50(48)47-23-11-20-44(51(47)59)46-22-12-21-45-43-19-9-10-24-49(43)60-52(45)46;1-3-2/h1-34H;3H2,1-2H3. The van der Waals surface area contributed by atoms with Gasteiger partial charge in [-0.1, -0.05) is 214 Å². The van der Waals surface area contributed by atoms with E-state index in [2.05, 4.69) is 200 Å². The van der Waals surface area contributed by atoms with Gasteiger partial charge in [0.1, 0.15) is 11.2 Å². The van der Waals surface area contributed by atoms with E-state index >= 15 is 0 Å². The van der Waals surface area contributed by atoms with E-state index in [1.165, 1.54) is 17.2 Å². The summed E-state index contributed by atoms with van der Waals surface area (Å²) in [4.78, 5) is 15.9. The van der Waals surface area contributed by atoms with E-state index in [1.54, 1.807) is 0 Å². The van der Waals surface area contributed by atoms with Gasteiger partial charge in [0.2, 0.25) is 5.95 Å². The lowest BCUT2D eigenvalue weighted by molar-refractivity contribution is 0.670. The summed E-state index contributed by atoms with van der Waals surface area (Å²) in [5.74, 6) is 1.72. The van der Waals surface area contributed by atoms with Crippen molar-refractivity contribution in [2.45, 2.75) is 20.3 Å². The second-order valence-corrected chi connectivity index (χ2v) is 15.9. The number of aromatic nitrogens is 4. The Hall–Kier alpha value is -8.15. The molecule has 0 unspecified atom stereocenters. The number of fused-ring (bicyclic) bond motifs is 8. The largest absolute Gasteiger partial charge is 0.455 e. The van der Waals surface area contributed by atoms with Crippen LogP contribution < -0.4 is 0 Å². The van der Waals surface area contributed by atoms with Gasteiger partial charge in [-0.25, -0.2) is 4.98 Å². The summed E-state index contributed by atoms with van der Waals surface area (Å²) in [7, 11) is 0. The molecule has 3 heterocycles. The van der Waals surface area contributed by atoms with E-state index in [9.17, 15) is 0 Å². The summed E-state index contributed by atoms with van der Waals surface area (Å²) >= 11 is 0. The molecule has 5 nitrogen and oxygen atoms in total. The molecule has 0 amide bonds. The summed E-state index contributed by atoms with van der Waals surface area (Å²) < 4.78 is 8.90. The third kappa shape index (κ3) is 6.71. The van der Waals surface area contributed by atoms with Crippen LogP contribution >= 0.6 is 0 Å². The minimum Gasteiger partial charge on any atom is -0.455 e. The zero-order valence-electron chi connectivity index (χ0n) is 35.0. The molecular weight excluding hydrogens is 769 g/mol. The van der Waals surface area contributed by atoms with Crippen LogP contribution in [0.1, 0.15) is 20.3 Å². The van der Waals surface area contributed by atoms with Crippen LogP contribution in [0, 0.1) is 0 Å². The van der Waals surface area contributed by atoms with Gasteiger partial charge in [0.15, 0.2) is 11.6 Å². The second kappa shape index (κ2) is 16.0. The SMILES string of the molecule is CCC.c1ccc(-c2ccc(-c3nc(-c4ccc(-c5ccccc5)cc4)nc(-n4c5ccc6ccccc6c5c5cccc(-c6cccc7c6oc6ccccc67)c54)n3)cc2)cc1. The molecule has 0 aliphatic heterocycles. The molecule has 9 aromatic carbocycles. The molecule has 0 aliphatic rings. The highest BCUT2D eigenvalue weighted by Crippen LogP contribution is 2.44. The van der Waals surface area contributed by atoms with Gasteiger partial charge in [-0.05, 0) is 45.2 Å². The lowest BCUT2D eigenvalue weighted by Gasteiger charge is -2.13. The van der Waals surface area contributed by atoms with E-state index in [0.717, 1.165) is 88.3 Å². The maximum Gasteiger partial charge on any atom is 0.238 e. The van der Waals surface area contributed by atoms with Crippen LogP contribution in [0.5, 0.6) is 0 Å². The molecule has 0 spiro atoms. The van der Waals surface area contributed by atoms with Crippen molar-refractivity contribution >= 4 is 54.5 Å². The first-order valence-electron chi connectivity index (χ1n) is 21.6. The molecule has 12 rings (SSSR count). The first kappa shape index (κ1) is 37.8. The van der Waals surface area contributed by atoms with Crippen molar-refractivity contribution in [3.05, 3.63) is 206 Å². The summed E-state index contributed by atoms with van der Waals surface area (Å²) in [5.41, 5.74) is 12.1. The van der Waals surface area contributed by atoms with Crippen LogP contribution in [0.3, 0.4) is 0 Å². The van der Waals surface area contributed by atoms with Crippen LogP contribution in [-0.4, -0.2) is 19.5 Å². The van der Waals surface area contributed by atoms with Gasteiger partial charge in [0, 0.05) is 43.8 Å². The van der Waals surface area contributed by atoms with Gasteiger partial charge in [-0.2, -0.15) is 9.97 Å². The minimum absolute atomic E-state index is 0.536. The van der Waals surface area contributed by atoms with Gasteiger partial charge < -0.3 is 4.42 Å². The molecule has 0 N–H and O–H groups in total. The molecule has 0 fully saturated rings. The first-order chi connectivity index (χ1) is 31.2. The van der Waals surface area contributed by atoms with E-state index < -0.39 is 0 Å². The maximum absolute atomic E-state index is 6.66. The zero-order valence-corrected chi connectivity index (χ0v) is 35.0. The maximum atomic E-state index is 6.66. The molecule has 0 saturated heterocycles. The Morgan fingerprint density at radius 3 is 1.52 bits per heavy atom. The van der Waals surface area contributed by atoms with Gasteiger partial charge in [0.25, 0.3) is 0 Å². The average Bonchev–Trinajstić information content (AvgIpc) is 3.91. The Morgan fingerprint density at radius 2 is 0.889 bits per heavy atom. The fraction of sp³-hybridized carbons (Fsp3) is 0.0517. The summed E-state index contributed by atoms with van der Waals surface area (Å²) in [6.07, 6.45) is 1.25. The Bertz CT molecular complexity index is 3490. The van der Waals surface area contributed by atoms with E-state index in [4.69, 9.17) is 19.4 Å². The molecule has 0 saturated carbocycles. The minimum atomic E-state index is 0.536. The van der Waals surface area contributed by atoms with E-state index in [0.29, 0.717) is 17.6 Å². The summed E-state index contributed by atoms with van der Waals surface area (Å²) in [6.45, 7) is 4.25. The van der Waals surface area contributed by atoms with Crippen LogP contribution in [-0.2, 0) is 0 Å². The van der Waals surface area contributed by atoms with Crippen molar-refractivity contribution in [1.82, 2.24) is 19.5 Å². The first-order valence-corrected chi connectivity index (χ1v) is 21.6. The highest BCUT2D eigenvalue weighted by molar-refractivity contribution is 6.24. The summed E-state index contributed by atoms with van der Waals surface area (Å²) in [5, 5.41) is 6.76. The number of nitrogens with zero attached hydrogens (tertiary/aromatic N) is 4. The Labute approximate surface area is 365 Å². The quantitative estimate of drug-likeness (QED) is 0.168. The predicted octanol–water partition coefficient (Wildman–Crippen LogP) is 15.8. The average molecular weight is 811 g/mol. The topological polar surface area (TPSA) is 56.7 Å². The molecule has 5 heteroatoms. The Morgan fingerprint density at radius 1 is 0.397 bits per heavy atom. The van der Waals surface area contributed by atoms with Crippen LogP contribution in [0.15, 0.2) is 211 Å². The van der Waals surface area contributed by atoms with Crippen molar-refractivity contribution < 1.29 is 4.42 Å². The number of rotatable bonds is 6. The van der Waals surface area contributed by atoms with Crippen molar-refractivity contribution in [3.63, 3.8) is 0 Å². The predicted molar refractivity (Wildman–Crippen MR) is 262 cm³/mol. The van der Waals surface area contributed by atoms with Crippen molar-refractivity contribution in [2.75, 3.05) is 0 Å². The molecule has 12 aromatic rings. The Balaban J connectivity index is 0.00000144. The van der Waals surface area contributed by atoms with Gasteiger partial charge >= 0.3 is 0 Å². The van der Waals surface area contributed by atoms with Crippen LogP contribution in [0.4, 0.5) is 0 Å². The highest BCUT2D eigenvalue weighted by atomic mass is 16.3. The summed E-state index contributed by atoms with van der Waals surface area (Å²) in [6, 6.07) is 72.1. The fourth-order valence-corrected chi connectivity index (χ4v) is 8.83.